The highest BCUT2D eigenvalue weighted by molar-refractivity contribution is 7.99. The number of hydrogen-bond donors (Lipinski definition) is 2. The number of thioether (sulfide) groups is 1. The van der Waals surface area contributed by atoms with E-state index in [0.29, 0.717) is 39.5 Å². The van der Waals surface area contributed by atoms with Crippen LogP contribution in [-0.2, 0) is 11.4 Å². The Morgan fingerprint density at radius 2 is 2.15 bits per heavy atom. The molecule has 0 saturated heterocycles. The lowest BCUT2D eigenvalue weighted by Crippen LogP contribution is -2.39. The standard InChI is InChI=1S/C18H21ClN4O2S/c19-13-3-5-14(6-4-13)25-9-16-21-18(23-22-16)26-10-17(24)20-15-8-11-1-2-12(15)7-11/h3-6,11-12,15H,1-2,7-10H2,(H,20,24)(H,21,22,23). The Morgan fingerprint density at radius 1 is 1.31 bits per heavy atom. The number of rotatable bonds is 7. The second-order valence-corrected chi connectivity index (χ2v) is 8.32. The molecule has 1 aromatic carbocycles. The highest BCUT2D eigenvalue weighted by atomic mass is 35.5. The van der Waals surface area contributed by atoms with E-state index in [1.54, 1.807) is 24.3 Å². The van der Waals surface area contributed by atoms with Crippen LogP contribution in [0.25, 0.3) is 0 Å². The molecule has 2 fully saturated rings. The summed E-state index contributed by atoms with van der Waals surface area (Å²) < 4.78 is 5.62. The minimum atomic E-state index is 0.0660. The van der Waals surface area contributed by atoms with Gasteiger partial charge in [0.1, 0.15) is 12.4 Å². The van der Waals surface area contributed by atoms with Crippen LogP contribution in [0.2, 0.25) is 5.02 Å². The Kier molecular flexibility index (Phi) is 5.36. The molecule has 3 atom stereocenters. The van der Waals surface area contributed by atoms with Gasteiger partial charge in [-0.15, -0.1) is 5.10 Å². The van der Waals surface area contributed by atoms with Crippen molar-refractivity contribution in [3.8, 4) is 5.75 Å². The van der Waals surface area contributed by atoms with Gasteiger partial charge in [0.15, 0.2) is 5.82 Å². The van der Waals surface area contributed by atoms with Gasteiger partial charge in [0.25, 0.3) is 0 Å². The molecule has 2 saturated carbocycles. The van der Waals surface area contributed by atoms with Gasteiger partial charge >= 0.3 is 0 Å². The Balaban J connectivity index is 1.20. The predicted molar refractivity (Wildman–Crippen MR) is 100 cm³/mol. The van der Waals surface area contributed by atoms with Crippen molar-refractivity contribution in [2.45, 2.75) is 43.5 Å². The lowest BCUT2D eigenvalue weighted by Gasteiger charge is -2.22. The fourth-order valence-corrected chi connectivity index (χ4v) is 4.64. The normalized spacial score (nSPS) is 24.0. The predicted octanol–water partition coefficient (Wildman–Crippen LogP) is 3.43. The summed E-state index contributed by atoms with van der Waals surface area (Å²) in [6.07, 6.45) is 5.04. The lowest BCUT2D eigenvalue weighted by molar-refractivity contribution is -0.119. The minimum absolute atomic E-state index is 0.0660. The number of fused-ring (bicyclic) bond motifs is 2. The molecule has 2 N–H and O–H groups in total. The third-order valence-corrected chi connectivity index (χ3v) is 6.22. The van der Waals surface area contributed by atoms with Crippen molar-refractivity contribution in [3.63, 3.8) is 0 Å². The highest BCUT2D eigenvalue weighted by Crippen LogP contribution is 2.44. The van der Waals surface area contributed by atoms with Crippen molar-refractivity contribution in [3.05, 3.63) is 35.1 Å². The largest absolute Gasteiger partial charge is 0.486 e. The summed E-state index contributed by atoms with van der Waals surface area (Å²) in [6.45, 7) is 0.284. The second kappa shape index (κ2) is 7.88. The first-order valence-corrected chi connectivity index (χ1v) is 10.2. The van der Waals surface area contributed by atoms with E-state index in [-0.39, 0.29) is 12.5 Å². The van der Waals surface area contributed by atoms with Gasteiger partial charge in [-0.2, -0.15) is 0 Å². The van der Waals surface area contributed by atoms with Crippen molar-refractivity contribution in [2.75, 3.05) is 5.75 Å². The number of nitrogens with zero attached hydrogens (tertiary/aromatic N) is 2. The van der Waals surface area contributed by atoms with Gasteiger partial charge in [-0.05, 0) is 55.4 Å². The first-order chi connectivity index (χ1) is 12.7. The molecular formula is C18H21ClN4O2S. The number of aromatic nitrogens is 3. The molecule has 0 radical (unpaired) electrons. The molecule has 3 unspecified atom stereocenters. The number of carbonyl (C=O) groups is 1. The SMILES string of the molecule is O=C(CSc1n[nH]c(COc2ccc(Cl)cc2)n1)NC1CC2CCC1C2. The van der Waals surface area contributed by atoms with E-state index in [0.717, 1.165) is 12.3 Å². The number of halogens is 1. The van der Waals surface area contributed by atoms with Crippen LogP contribution in [0, 0.1) is 11.8 Å². The van der Waals surface area contributed by atoms with Crippen LogP contribution in [0.1, 0.15) is 31.5 Å². The number of amides is 1. The van der Waals surface area contributed by atoms with Crippen molar-refractivity contribution < 1.29 is 9.53 Å². The number of H-pyrrole nitrogens is 1. The van der Waals surface area contributed by atoms with E-state index in [1.165, 1.54) is 31.0 Å². The van der Waals surface area contributed by atoms with Crippen LogP contribution >= 0.6 is 23.4 Å². The summed E-state index contributed by atoms with van der Waals surface area (Å²) in [6, 6.07) is 7.51. The smallest absolute Gasteiger partial charge is 0.230 e. The molecular weight excluding hydrogens is 372 g/mol. The Morgan fingerprint density at radius 3 is 2.88 bits per heavy atom. The van der Waals surface area contributed by atoms with E-state index in [9.17, 15) is 4.79 Å². The summed E-state index contributed by atoms with van der Waals surface area (Å²) >= 11 is 7.18. The molecule has 138 valence electrons. The van der Waals surface area contributed by atoms with E-state index in [1.807, 2.05) is 0 Å². The molecule has 2 aliphatic rings. The van der Waals surface area contributed by atoms with Gasteiger partial charge in [0, 0.05) is 11.1 Å². The summed E-state index contributed by atoms with van der Waals surface area (Å²) in [5.74, 6) is 3.25. The first-order valence-electron chi connectivity index (χ1n) is 8.87. The molecule has 8 heteroatoms. The Labute approximate surface area is 161 Å². The van der Waals surface area contributed by atoms with Crippen LogP contribution in [0.3, 0.4) is 0 Å². The molecule has 1 heterocycles. The van der Waals surface area contributed by atoms with E-state index in [2.05, 4.69) is 20.5 Å². The molecule has 2 aliphatic carbocycles. The fraction of sp³-hybridized carbons (Fsp3) is 0.500. The molecule has 1 aromatic heterocycles. The average molecular weight is 393 g/mol. The maximum atomic E-state index is 12.2. The highest BCUT2D eigenvalue weighted by Gasteiger charge is 2.39. The quantitative estimate of drug-likeness (QED) is 0.705. The molecule has 2 bridgehead atoms. The number of carbonyl (C=O) groups excluding carboxylic acids is 1. The number of benzene rings is 1. The molecule has 4 rings (SSSR count). The zero-order chi connectivity index (χ0) is 17.9. The first kappa shape index (κ1) is 17.7. The second-order valence-electron chi connectivity index (χ2n) is 6.94. The lowest BCUT2D eigenvalue weighted by atomic mass is 9.95. The van der Waals surface area contributed by atoms with E-state index < -0.39 is 0 Å². The van der Waals surface area contributed by atoms with Gasteiger partial charge in [0.05, 0.1) is 5.75 Å². The molecule has 2 aromatic rings. The van der Waals surface area contributed by atoms with Gasteiger partial charge in [0.2, 0.25) is 11.1 Å². The van der Waals surface area contributed by atoms with E-state index >= 15 is 0 Å². The van der Waals surface area contributed by atoms with Crippen LogP contribution in [0.4, 0.5) is 0 Å². The number of ether oxygens (including phenoxy) is 1. The maximum Gasteiger partial charge on any atom is 0.230 e. The van der Waals surface area contributed by atoms with Crippen molar-refractivity contribution in [1.82, 2.24) is 20.5 Å². The summed E-state index contributed by atoms with van der Waals surface area (Å²) in [5, 5.41) is 11.4. The van der Waals surface area contributed by atoms with Crippen molar-refractivity contribution in [1.29, 1.82) is 0 Å². The van der Waals surface area contributed by atoms with Gasteiger partial charge < -0.3 is 10.1 Å². The van der Waals surface area contributed by atoms with Crippen LogP contribution in [0.15, 0.2) is 29.4 Å². The molecule has 6 nitrogen and oxygen atoms in total. The van der Waals surface area contributed by atoms with Crippen LogP contribution in [-0.4, -0.2) is 32.9 Å². The number of aromatic amines is 1. The van der Waals surface area contributed by atoms with Gasteiger partial charge in [-0.1, -0.05) is 29.8 Å². The van der Waals surface area contributed by atoms with Crippen molar-refractivity contribution in [2.24, 2.45) is 11.8 Å². The van der Waals surface area contributed by atoms with Crippen molar-refractivity contribution >= 4 is 29.3 Å². The Bertz CT molecular complexity index is 767. The number of nitrogens with one attached hydrogen (secondary N) is 2. The van der Waals surface area contributed by atoms with Gasteiger partial charge in [-0.3, -0.25) is 9.89 Å². The molecule has 26 heavy (non-hydrogen) atoms. The van der Waals surface area contributed by atoms with Crippen LogP contribution < -0.4 is 10.1 Å². The maximum absolute atomic E-state index is 12.2. The molecule has 0 aliphatic heterocycles. The zero-order valence-electron chi connectivity index (χ0n) is 14.3. The number of hydrogen-bond acceptors (Lipinski definition) is 5. The summed E-state index contributed by atoms with van der Waals surface area (Å²) in [7, 11) is 0. The fourth-order valence-electron chi connectivity index (χ4n) is 3.89. The van der Waals surface area contributed by atoms with Crippen LogP contribution in [0.5, 0.6) is 5.75 Å². The Hall–Kier alpha value is -1.73. The molecule has 1 amide bonds. The third-order valence-electron chi connectivity index (χ3n) is 5.12. The monoisotopic (exact) mass is 392 g/mol. The summed E-state index contributed by atoms with van der Waals surface area (Å²) in [4.78, 5) is 16.5. The van der Waals surface area contributed by atoms with Gasteiger partial charge in [-0.25, -0.2) is 4.98 Å². The third kappa shape index (κ3) is 4.32. The average Bonchev–Trinajstić information content (AvgIpc) is 3.36. The minimum Gasteiger partial charge on any atom is -0.486 e. The summed E-state index contributed by atoms with van der Waals surface area (Å²) in [5.41, 5.74) is 0. The topological polar surface area (TPSA) is 79.9 Å². The zero-order valence-corrected chi connectivity index (χ0v) is 15.9. The van der Waals surface area contributed by atoms with E-state index in [4.69, 9.17) is 16.3 Å². The molecule has 0 spiro atoms.